The summed E-state index contributed by atoms with van der Waals surface area (Å²) in [5.41, 5.74) is 6.98. The number of fused-ring (bicyclic) bond motifs is 3. The van der Waals surface area contributed by atoms with Gasteiger partial charge in [0.25, 0.3) is 0 Å². The molecular weight excluding hydrogens is 580 g/mol. The number of benzene rings is 3. The minimum atomic E-state index is -0.829. The molecule has 4 nitrogen and oxygen atoms in total. The van der Waals surface area contributed by atoms with E-state index in [2.05, 4.69) is 94.7 Å². The quantitative estimate of drug-likeness (QED) is 0.120. The van der Waals surface area contributed by atoms with Gasteiger partial charge in [0.1, 0.15) is 0 Å². The van der Waals surface area contributed by atoms with E-state index in [1.165, 1.54) is 15.0 Å². The number of hydrogen-bond donors (Lipinski definition) is 0. The van der Waals surface area contributed by atoms with E-state index in [1.807, 2.05) is 12.1 Å². The minimum absolute atomic E-state index is 0.148. The Balaban J connectivity index is 1.34. The molecule has 36 heavy (non-hydrogen) atoms. The summed E-state index contributed by atoms with van der Waals surface area (Å²) in [6.07, 6.45) is 1.83. The van der Waals surface area contributed by atoms with Crippen LogP contribution in [-0.2, 0) is 0 Å². The molecule has 0 fully saturated rings. The fourth-order valence-electron chi connectivity index (χ4n) is 4.89. The Labute approximate surface area is 222 Å². The first kappa shape index (κ1) is 21.6. The third-order valence-electron chi connectivity index (χ3n) is 6.50. The molecule has 5 aromatic rings. The predicted molar refractivity (Wildman–Crippen MR) is 147 cm³/mol. The molecule has 0 spiro atoms. The SMILES string of the molecule is O=C1C(=Cc2ccc(N3c4ccccc4N(c4ccccc4)c4ccccc43)[te]2)C(=O)c2cscc21. The van der Waals surface area contributed by atoms with Crippen molar-refractivity contribution in [2.45, 2.75) is 0 Å². The van der Waals surface area contributed by atoms with Crippen molar-refractivity contribution in [3.8, 4) is 0 Å². The Morgan fingerprint density at radius 2 is 1.14 bits per heavy atom. The third kappa shape index (κ3) is 3.26. The van der Waals surface area contributed by atoms with Crippen molar-refractivity contribution in [2.24, 2.45) is 0 Å². The van der Waals surface area contributed by atoms with Crippen LogP contribution >= 0.6 is 11.3 Å². The number of nitrogens with zero attached hydrogens (tertiary/aromatic N) is 2. The van der Waals surface area contributed by atoms with Crippen LogP contribution in [0.4, 0.5) is 32.1 Å². The first-order chi connectivity index (χ1) is 17.7. The molecule has 172 valence electrons. The van der Waals surface area contributed by atoms with Gasteiger partial charge >= 0.3 is 223 Å². The zero-order valence-electron chi connectivity index (χ0n) is 18.9. The van der Waals surface area contributed by atoms with E-state index in [0.29, 0.717) is 16.7 Å². The maximum atomic E-state index is 12.8. The fourth-order valence-corrected chi connectivity index (χ4v) is 8.49. The summed E-state index contributed by atoms with van der Waals surface area (Å²) in [6.45, 7) is 0. The van der Waals surface area contributed by atoms with Crippen molar-refractivity contribution in [1.82, 2.24) is 0 Å². The zero-order valence-corrected chi connectivity index (χ0v) is 22.1. The number of allylic oxidation sites excluding steroid dienone is 1. The van der Waals surface area contributed by atoms with Crippen LogP contribution in [0.15, 0.2) is 107 Å². The Kier molecular flexibility index (Phi) is 5.07. The van der Waals surface area contributed by atoms with Crippen LogP contribution in [0, 0.1) is 0 Å². The molecule has 3 heterocycles. The van der Waals surface area contributed by atoms with Gasteiger partial charge in [-0.2, -0.15) is 0 Å². The maximum absolute atomic E-state index is 12.8. The standard InChI is InChI=1S/C30H18N2O2STe/c33-29-21(30(34)23-18-35-17-22(23)29)16-20-14-15-28(36-20)32-26-12-6-4-10-24(26)31(19-8-2-1-3-9-19)25-11-5-7-13-27(25)32/h1-18H. The van der Waals surface area contributed by atoms with Crippen LogP contribution < -0.4 is 9.80 Å². The molecule has 3 aromatic carbocycles. The van der Waals surface area contributed by atoms with E-state index in [9.17, 15) is 9.59 Å². The number of carbonyl (C=O) groups excluding carboxylic acids is 2. The van der Waals surface area contributed by atoms with E-state index >= 15 is 0 Å². The summed E-state index contributed by atoms with van der Waals surface area (Å²) in [6, 6.07) is 31.6. The summed E-state index contributed by atoms with van der Waals surface area (Å²) in [5.74, 6) is -0.296. The van der Waals surface area contributed by atoms with Crippen molar-refractivity contribution in [3.63, 3.8) is 0 Å². The number of Topliss-reactive ketones (excluding diaryl/α,β-unsaturated/α-hetero) is 2. The zero-order chi connectivity index (χ0) is 24.2. The Morgan fingerprint density at radius 1 is 0.611 bits per heavy atom. The Morgan fingerprint density at radius 3 is 1.72 bits per heavy atom. The normalized spacial score (nSPS) is 14.1. The molecule has 2 aromatic heterocycles. The van der Waals surface area contributed by atoms with Crippen LogP contribution in [0.2, 0.25) is 0 Å². The topological polar surface area (TPSA) is 40.6 Å². The van der Waals surface area contributed by atoms with Crippen LogP contribution in [0.3, 0.4) is 0 Å². The van der Waals surface area contributed by atoms with Gasteiger partial charge in [-0.25, -0.2) is 0 Å². The average Bonchev–Trinajstić information content (AvgIpc) is 3.64. The van der Waals surface area contributed by atoms with Crippen molar-refractivity contribution >= 4 is 81.6 Å². The second kappa shape index (κ2) is 8.46. The van der Waals surface area contributed by atoms with Gasteiger partial charge in [-0.3, -0.25) is 0 Å². The summed E-state index contributed by atoms with van der Waals surface area (Å²) in [5, 5.41) is 3.56. The van der Waals surface area contributed by atoms with Gasteiger partial charge in [0.15, 0.2) is 0 Å². The molecule has 0 N–H and O–H groups in total. The number of para-hydroxylation sites is 5. The van der Waals surface area contributed by atoms with E-state index in [-0.39, 0.29) is 11.6 Å². The second-order valence-electron chi connectivity index (χ2n) is 8.58. The van der Waals surface area contributed by atoms with Crippen LogP contribution in [0.25, 0.3) is 6.08 Å². The average molecular weight is 598 g/mol. The molecule has 0 radical (unpaired) electrons. The number of rotatable bonds is 3. The molecule has 0 saturated heterocycles. The number of ketones is 2. The number of hydrogen-bond acceptors (Lipinski definition) is 5. The number of anilines is 6. The van der Waals surface area contributed by atoms with Gasteiger partial charge in [0.05, 0.1) is 0 Å². The van der Waals surface area contributed by atoms with Gasteiger partial charge in [-0.05, 0) is 0 Å². The second-order valence-corrected chi connectivity index (χ2v) is 12.4. The first-order valence-electron chi connectivity index (χ1n) is 11.5. The van der Waals surface area contributed by atoms with Crippen LogP contribution in [0.1, 0.15) is 24.3 Å². The monoisotopic (exact) mass is 600 g/mol. The van der Waals surface area contributed by atoms with Crippen molar-refractivity contribution < 1.29 is 9.59 Å². The molecule has 2 aliphatic rings. The van der Waals surface area contributed by atoms with Gasteiger partial charge in [0.2, 0.25) is 0 Å². The molecule has 0 bridgehead atoms. The summed E-state index contributed by atoms with van der Waals surface area (Å²) in [7, 11) is 0. The van der Waals surface area contributed by atoms with Gasteiger partial charge in [-0.1, -0.05) is 0 Å². The first-order valence-corrected chi connectivity index (χ1v) is 14.8. The summed E-state index contributed by atoms with van der Waals surface area (Å²) < 4.78 is 2.31. The molecular formula is C30H18N2O2STe. The molecule has 0 unspecified atom stereocenters. The number of thiophene rings is 1. The molecule has 7 rings (SSSR count). The van der Waals surface area contributed by atoms with E-state index < -0.39 is 20.4 Å². The van der Waals surface area contributed by atoms with E-state index in [0.717, 1.165) is 32.0 Å². The molecule has 1 aliphatic carbocycles. The fraction of sp³-hybridized carbons (Fsp3) is 0. The van der Waals surface area contributed by atoms with E-state index in [4.69, 9.17) is 0 Å². The van der Waals surface area contributed by atoms with Gasteiger partial charge < -0.3 is 0 Å². The van der Waals surface area contributed by atoms with Crippen molar-refractivity contribution in [2.75, 3.05) is 9.80 Å². The summed E-state index contributed by atoms with van der Waals surface area (Å²) in [4.78, 5) is 30.3. The Bertz CT molecular complexity index is 1620. The molecule has 0 amide bonds. The molecule has 0 atom stereocenters. The predicted octanol–water partition coefficient (Wildman–Crippen LogP) is 7.52. The van der Waals surface area contributed by atoms with Crippen LogP contribution in [-0.4, -0.2) is 32.0 Å². The van der Waals surface area contributed by atoms with Gasteiger partial charge in [-0.15, -0.1) is 0 Å². The Hall–Kier alpha value is -3.69. The van der Waals surface area contributed by atoms with Crippen molar-refractivity contribution in [1.29, 1.82) is 0 Å². The van der Waals surface area contributed by atoms with Crippen molar-refractivity contribution in [3.05, 3.63) is 122 Å². The molecule has 0 saturated carbocycles. The number of carbonyl (C=O) groups is 2. The molecule has 1 aliphatic heterocycles. The van der Waals surface area contributed by atoms with Crippen LogP contribution in [0.5, 0.6) is 0 Å². The van der Waals surface area contributed by atoms with Gasteiger partial charge in [0, 0.05) is 0 Å². The van der Waals surface area contributed by atoms with E-state index in [1.54, 1.807) is 10.8 Å². The summed E-state index contributed by atoms with van der Waals surface area (Å²) >= 11 is 0.574. The third-order valence-corrected chi connectivity index (χ3v) is 10.1. The molecule has 6 heteroatoms.